The van der Waals surface area contributed by atoms with Gasteiger partial charge in [-0.25, -0.2) is 0 Å². The maximum absolute atomic E-state index is 10.9. The zero-order chi connectivity index (χ0) is 10.7. The summed E-state index contributed by atoms with van der Waals surface area (Å²) in [5.41, 5.74) is 6.67. The van der Waals surface area contributed by atoms with Crippen LogP contribution < -0.4 is 11.3 Å². The minimum absolute atomic E-state index is 0.199. The van der Waals surface area contributed by atoms with E-state index in [1.54, 1.807) is 6.92 Å². The number of aromatic amines is 1. The van der Waals surface area contributed by atoms with Gasteiger partial charge in [0, 0.05) is 12.3 Å². The number of pyridine rings is 1. The molecule has 0 fully saturated rings. The minimum atomic E-state index is -1.05. The molecule has 0 aliphatic carbocycles. The molecule has 0 saturated carbocycles. The molecule has 76 valence electrons. The van der Waals surface area contributed by atoms with Gasteiger partial charge in [0.05, 0.1) is 0 Å². The lowest BCUT2D eigenvalue weighted by Crippen LogP contribution is -2.32. The number of nitrogens with one attached hydrogen (secondary N) is 1. The summed E-state index contributed by atoms with van der Waals surface area (Å²) in [6, 6.07) is 0.490. The van der Waals surface area contributed by atoms with E-state index in [0.29, 0.717) is 0 Å². The summed E-state index contributed by atoms with van der Waals surface area (Å²) in [5, 5.41) is 8.59. The summed E-state index contributed by atoms with van der Waals surface area (Å²) in [5.74, 6) is -1.05. The van der Waals surface area contributed by atoms with Crippen LogP contribution in [0.4, 0.5) is 0 Å². The Morgan fingerprint density at radius 3 is 2.86 bits per heavy atom. The Balaban J connectivity index is 2.87. The van der Waals surface area contributed by atoms with Crippen molar-refractivity contribution in [3.05, 3.63) is 33.7 Å². The number of nitrogens with two attached hydrogens (primary N) is 1. The van der Waals surface area contributed by atoms with Crippen LogP contribution in [0.15, 0.2) is 17.1 Å². The highest BCUT2D eigenvalue weighted by atomic mass is 16.4. The van der Waals surface area contributed by atoms with Crippen LogP contribution >= 0.6 is 0 Å². The third-order valence-corrected chi connectivity index (χ3v) is 2.00. The highest BCUT2D eigenvalue weighted by Gasteiger charge is 2.13. The van der Waals surface area contributed by atoms with Crippen molar-refractivity contribution < 1.29 is 9.90 Å². The molecule has 1 atom stereocenters. The van der Waals surface area contributed by atoms with Crippen LogP contribution in [0.2, 0.25) is 0 Å². The van der Waals surface area contributed by atoms with E-state index in [2.05, 4.69) is 4.98 Å². The minimum Gasteiger partial charge on any atom is -0.480 e. The van der Waals surface area contributed by atoms with Crippen LogP contribution in [0.5, 0.6) is 0 Å². The first-order valence-electron chi connectivity index (χ1n) is 4.17. The van der Waals surface area contributed by atoms with Crippen LogP contribution in [0.25, 0.3) is 0 Å². The fraction of sp³-hybridized carbons (Fsp3) is 0.333. The van der Waals surface area contributed by atoms with Crippen molar-refractivity contribution in [2.24, 2.45) is 5.73 Å². The van der Waals surface area contributed by atoms with E-state index in [9.17, 15) is 9.59 Å². The molecule has 4 N–H and O–H groups in total. The smallest absolute Gasteiger partial charge is 0.320 e. The van der Waals surface area contributed by atoms with Crippen molar-refractivity contribution in [3.63, 3.8) is 0 Å². The first kappa shape index (κ1) is 10.5. The zero-order valence-corrected chi connectivity index (χ0v) is 7.78. The Morgan fingerprint density at radius 1 is 1.71 bits per heavy atom. The van der Waals surface area contributed by atoms with Gasteiger partial charge in [-0.15, -0.1) is 0 Å². The van der Waals surface area contributed by atoms with Crippen molar-refractivity contribution in [2.45, 2.75) is 19.4 Å². The summed E-state index contributed by atoms with van der Waals surface area (Å²) in [4.78, 5) is 23.8. The second-order valence-corrected chi connectivity index (χ2v) is 3.15. The summed E-state index contributed by atoms with van der Waals surface area (Å²) in [7, 11) is 0. The molecule has 0 aliphatic rings. The fourth-order valence-corrected chi connectivity index (χ4v) is 1.15. The monoisotopic (exact) mass is 196 g/mol. The summed E-state index contributed by atoms with van der Waals surface area (Å²) >= 11 is 0. The number of hydrogen-bond donors (Lipinski definition) is 3. The predicted octanol–water partition coefficient (Wildman–Crippen LogP) is -0.362. The SMILES string of the molecule is Cc1cc(=O)[nH]cc1CC(N)C(=O)O. The maximum Gasteiger partial charge on any atom is 0.320 e. The number of aryl methyl sites for hydroxylation is 1. The molecule has 1 rings (SSSR count). The Hall–Kier alpha value is -1.62. The summed E-state index contributed by atoms with van der Waals surface area (Å²) < 4.78 is 0. The molecule has 0 bridgehead atoms. The second kappa shape index (κ2) is 4.06. The molecule has 0 radical (unpaired) electrons. The first-order valence-corrected chi connectivity index (χ1v) is 4.17. The quantitative estimate of drug-likeness (QED) is 0.615. The molecule has 5 nitrogen and oxygen atoms in total. The van der Waals surface area contributed by atoms with Crippen LogP contribution in [0, 0.1) is 6.92 Å². The second-order valence-electron chi connectivity index (χ2n) is 3.15. The van der Waals surface area contributed by atoms with E-state index in [0.717, 1.165) is 11.1 Å². The number of H-pyrrole nitrogens is 1. The van der Waals surface area contributed by atoms with Gasteiger partial charge < -0.3 is 15.8 Å². The predicted molar refractivity (Wildman–Crippen MR) is 51.1 cm³/mol. The Morgan fingerprint density at radius 2 is 2.36 bits per heavy atom. The number of aromatic nitrogens is 1. The average molecular weight is 196 g/mol. The Kier molecular flexibility index (Phi) is 3.03. The lowest BCUT2D eigenvalue weighted by Gasteiger charge is -2.08. The first-order chi connectivity index (χ1) is 6.50. The van der Waals surface area contributed by atoms with Crippen molar-refractivity contribution >= 4 is 5.97 Å². The lowest BCUT2D eigenvalue weighted by molar-refractivity contribution is -0.138. The third kappa shape index (κ3) is 2.43. The van der Waals surface area contributed by atoms with Crippen molar-refractivity contribution in [1.82, 2.24) is 4.98 Å². The largest absolute Gasteiger partial charge is 0.480 e. The number of carboxylic acids is 1. The normalized spacial score (nSPS) is 12.4. The van der Waals surface area contributed by atoms with Gasteiger partial charge in [0.25, 0.3) is 0 Å². The molecule has 1 aromatic rings. The summed E-state index contributed by atoms with van der Waals surface area (Å²) in [6.45, 7) is 1.75. The van der Waals surface area contributed by atoms with Gasteiger partial charge in [-0.3, -0.25) is 9.59 Å². The molecule has 0 aromatic carbocycles. The van der Waals surface area contributed by atoms with Gasteiger partial charge in [0.1, 0.15) is 6.04 Å². The number of carboxylic acid groups (broad SMARTS) is 1. The zero-order valence-electron chi connectivity index (χ0n) is 7.78. The standard InChI is InChI=1S/C9H12N2O3/c1-5-2-8(12)11-4-6(5)3-7(10)9(13)14/h2,4,7H,3,10H2,1H3,(H,11,12)(H,13,14). The molecule has 5 heteroatoms. The van der Waals surface area contributed by atoms with Gasteiger partial charge in [0.2, 0.25) is 5.56 Å². The van der Waals surface area contributed by atoms with Crippen LogP contribution in [-0.2, 0) is 11.2 Å². The molecule has 0 amide bonds. The van der Waals surface area contributed by atoms with E-state index in [-0.39, 0.29) is 12.0 Å². The number of rotatable bonds is 3. The van der Waals surface area contributed by atoms with E-state index in [1.165, 1.54) is 12.3 Å². The topological polar surface area (TPSA) is 96.2 Å². The maximum atomic E-state index is 10.9. The number of hydrogen-bond acceptors (Lipinski definition) is 3. The fourth-order valence-electron chi connectivity index (χ4n) is 1.15. The number of aliphatic carboxylic acids is 1. The van der Waals surface area contributed by atoms with E-state index >= 15 is 0 Å². The van der Waals surface area contributed by atoms with Gasteiger partial charge >= 0.3 is 5.97 Å². The van der Waals surface area contributed by atoms with E-state index in [1.807, 2.05) is 0 Å². The van der Waals surface area contributed by atoms with Crippen LogP contribution in [-0.4, -0.2) is 22.1 Å². The number of carbonyl (C=O) groups is 1. The highest BCUT2D eigenvalue weighted by Crippen LogP contribution is 2.05. The molecule has 1 aromatic heterocycles. The van der Waals surface area contributed by atoms with Gasteiger partial charge in [-0.2, -0.15) is 0 Å². The average Bonchev–Trinajstić information content (AvgIpc) is 2.09. The molecular weight excluding hydrogens is 184 g/mol. The van der Waals surface area contributed by atoms with E-state index in [4.69, 9.17) is 10.8 Å². The van der Waals surface area contributed by atoms with Gasteiger partial charge in [-0.05, 0) is 24.5 Å². The Labute approximate surface area is 80.6 Å². The van der Waals surface area contributed by atoms with Gasteiger partial charge in [0.15, 0.2) is 0 Å². The Bertz CT molecular complexity index is 397. The molecule has 1 unspecified atom stereocenters. The molecular formula is C9H12N2O3. The molecule has 0 saturated heterocycles. The van der Waals surface area contributed by atoms with Crippen LogP contribution in [0.1, 0.15) is 11.1 Å². The molecule has 1 heterocycles. The van der Waals surface area contributed by atoms with Crippen molar-refractivity contribution in [3.8, 4) is 0 Å². The highest BCUT2D eigenvalue weighted by molar-refractivity contribution is 5.73. The molecule has 14 heavy (non-hydrogen) atoms. The molecule has 0 aliphatic heterocycles. The molecule has 0 spiro atoms. The van der Waals surface area contributed by atoms with Crippen molar-refractivity contribution in [1.29, 1.82) is 0 Å². The van der Waals surface area contributed by atoms with Gasteiger partial charge in [-0.1, -0.05) is 0 Å². The lowest BCUT2D eigenvalue weighted by atomic mass is 10.0. The van der Waals surface area contributed by atoms with Crippen molar-refractivity contribution in [2.75, 3.05) is 0 Å². The van der Waals surface area contributed by atoms with Crippen LogP contribution in [0.3, 0.4) is 0 Å². The third-order valence-electron chi connectivity index (χ3n) is 2.00. The summed E-state index contributed by atoms with van der Waals surface area (Å²) in [6.07, 6.45) is 1.72. The van der Waals surface area contributed by atoms with E-state index < -0.39 is 12.0 Å².